The minimum Gasteiger partial charge on any atom is -0.478 e. The molecule has 1 unspecified atom stereocenters. The molecule has 1 N–H and O–H groups in total. The first-order chi connectivity index (χ1) is 12.2. The van der Waals surface area contributed by atoms with E-state index in [9.17, 15) is 14.3 Å². The highest BCUT2D eigenvalue weighted by molar-refractivity contribution is 6.49. The van der Waals surface area contributed by atoms with Crippen LogP contribution in [0.4, 0.5) is 4.39 Å². The van der Waals surface area contributed by atoms with E-state index in [1.165, 1.54) is 18.2 Å². The lowest BCUT2D eigenvalue weighted by molar-refractivity contribution is 0.0697. The summed E-state index contributed by atoms with van der Waals surface area (Å²) < 4.78 is 13.4. The van der Waals surface area contributed by atoms with Gasteiger partial charge in [-0.25, -0.2) is 9.18 Å². The Balaban J connectivity index is 2.63. The zero-order valence-electron chi connectivity index (χ0n) is 15.1. The molecule has 1 atom stereocenters. The van der Waals surface area contributed by atoms with Crippen LogP contribution in [0.2, 0.25) is 0 Å². The molecule has 2 nitrogen and oxygen atoms in total. The average molecular weight is 373 g/mol. The minimum absolute atomic E-state index is 0.151. The number of hydrogen-bond donors (Lipinski definition) is 1. The summed E-state index contributed by atoms with van der Waals surface area (Å²) >= 11 is 6.53. The molecule has 0 heterocycles. The SMILES string of the molecule is C=C(c1ccc(F)cc1C)c1cc(C(=O)O)ccc1/C(Cl)=C\C(C)CC. The number of hydrogen-bond acceptors (Lipinski definition) is 1. The third-order valence-electron chi connectivity index (χ3n) is 4.44. The van der Waals surface area contributed by atoms with Crippen LogP contribution >= 0.6 is 11.6 Å². The van der Waals surface area contributed by atoms with Crippen molar-refractivity contribution in [1.29, 1.82) is 0 Å². The maximum absolute atomic E-state index is 13.4. The Morgan fingerprint density at radius 1 is 1.23 bits per heavy atom. The Morgan fingerprint density at radius 2 is 1.88 bits per heavy atom. The van der Waals surface area contributed by atoms with E-state index in [4.69, 9.17) is 11.6 Å². The summed E-state index contributed by atoms with van der Waals surface area (Å²) in [7, 11) is 0. The molecule has 2 aromatic rings. The number of allylic oxidation sites excluding steroid dienone is 1. The fourth-order valence-electron chi connectivity index (χ4n) is 2.70. The Kier molecular flexibility index (Phi) is 6.38. The smallest absolute Gasteiger partial charge is 0.335 e. The van der Waals surface area contributed by atoms with Gasteiger partial charge in [-0.2, -0.15) is 0 Å². The molecule has 26 heavy (non-hydrogen) atoms. The van der Waals surface area contributed by atoms with Crippen LogP contribution in [0, 0.1) is 18.7 Å². The van der Waals surface area contributed by atoms with Crippen molar-refractivity contribution in [1.82, 2.24) is 0 Å². The van der Waals surface area contributed by atoms with E-state index in [0.29, 0.717) is 21.7 Å². The van der Waals surface area contributed by atoms with Crippen molar-refractivity contribution in [2.24, 2.45) is 5.92 Å². The van der Waals surface area contributed by atoms with Crippen LogP contribution in [0.3, 0.4) is 0 Å². The van der Waals surface area contributed by atoms with Crippen molar-refractivity contribution in [3.8, 4) is 0 Å². The first-order valence-electron chi connectivity index (χ1n) is 8.45. The number of aryl methyl sites for hydroxylation is 1. The molecule has 0 aliphatic heterocycles. The van der Waals surface area contributed by atoms with Crippen LogP contribution < -0.4 is 0 Å². The lowest BCUT2D eigenvalue weighted by Crippen LogP contribution is -2.01. The normalized spacial score (nSPS) is 12.7. The molecule has 2 rings (SSSR count). The van der Waals surface area contributed by atoms with Crippen molar-refractivity contribution in [3.05, 3.63) is 82.7 Å². The summed E-state index contributed by atoms with van der Waals surface area (Å²) in [6, 6.07) is 9.23. The molecule has 0 fully saturated rings. The summed E-state index contributed by atoms with van der Waals surface area (Å²) in [5.74, 6) is -1.06. The highest BCUT2D eigenvalue weighted by atomic mass is 35.5. The molecule has 0 spiro atoms. The highest BCUT2D eigenvalue weighted by Crippen LogP contribution is 2.34. The lowest BCUT2D eigenvalue weighted by Gasteiger charge is -2.16. The van der Waals surface area contributed by atoms with Crippen LogP contribution in [-0.4, -0.2) is 11.1 Å². The third-order valence-corrected chi connectivity index (χ3v) is 4.77. The predicted molar refractivity (Wildman–Crippen MR) is 106 cm³/mol. The summed E-state index contributed by atoms with van der Waals surface area (Å²) in [4.78, 5) is 11.4. The minimum atomic E-state index is -1.02. The standard InChI is InChI=1S/C22H22ClFO2/c1-5-13(2)10-21(23)19-8-6-16(22(25)26)12-20(19)15(4)18-9-7-17(24)11-14(18)3/h6-13H,4-5H2,1-3H3,(H,25,26)/b21-10+. The maximum Gasteiger partial charge on any atom is 0.335 e. The van der Waals surface area contributed by atoms with E-state index in [-0.39, 0.29) is 17.3 Å². The fourth-order valence-corrected chi connectivity index (χ4v) is 3.08. The molecule has 0 radical (unpaired) electrons. The van der Waals surface area contributed by atoms with E-state index in [1.54, 1.807) is 25.1 Å². The molecule has 0 saturated heterocycles. The van der Waals surface area contributed by atoms with Gasteiger partial charge < -0.3 is 5.11 Å². The molecule has 0 aromatic heterocycles. The second-order valence-corrected chi connectivity index (χ2v) is 6.81. The van der Waals surface area contributed by atoms with Crippen molar-refractivity contribution >= 4 is 28.2 Å². The third kappa shape index (κ3) is 4.41. The number of rotatable bonds is 6. The van der Waals surface area contributed by atoms with Gasteiger partial charge in [0.25, 0.3) is 0 Å². The predicted octanol–water partition coefficient (Wildman–Crippen LogP) is 6.52. The Hall–Kier alpha value is -2.39. The zero-order chi connectivity index (χ0) is 19.4. The number of benzene rings is 2. The van der Waals surface area contributed by atoms with E-state index < -0.39 is 5.97 Å². The van der Waals surface area contributed by atoms with Crippen molar-refractivity contribution in [2.45, 2.75) is 27.2 Å². The zero-order valence-corrected chi connectivity index (χ0v) is 15.9. The van der Waals surface area contributed by atoms with Crippen LogP contribution in [0.15, 0.2) is 49.1 Å². The summed E-state index contributed by atoms with van der Waals surface area (Å²) in [6.07, 6.45) is 2.89. The molecular formula is C22H22ClFO2. The fraction of sp³-hybridized carbons (Fsp3) is 0.227. The maximum atomic E-state index is 13.4. The summed E-state index contributed by atoms with van der Waals surface area (Å²) in [5, 5.41) is 9.89. The van der Waals surface area contributed by atoms with Crippen LogP contribution in [-0.2, 0) is 0 Å². The number of halogens is 2. The van der Waals surface area contributed by atoms with Gasteiger partial charge >= 0.3 is 5.97 Å². The summed E-state index contributed by atoms with van der Waals surface area (Å²) in [5.41, 5.74) is 3.58. The Bertz CT molecular complexity index is 884. The van der Waals surface area contributed by atoms with Gasteiger partial charge in [0.05, 0.1) is 5.56 Å². The second-order valence-electron chi connectivity index (χ2n) is 6.40. The average Bonchev–Trinajstić information content (AvgIpc) is 2.60. The molecule has 0 amide bonds. The molecule has 0 aliphatic carbocycles. The van der Waals surface area contributed by atoms with Gasteiger partial charge in [-0.15, -0.1) is 0 Å². The molecule has 4 heteroatoms. The molecule has 136 valence electrons. The van der Waals surface area contributed by atoms with Crippen molar-refractivity contribution < 1.29 is 14.3 Å². The summed E-state index contributed by atoms with van der Waals surface area (Å²) in [6.45, 7) is 10.1. The highest BCUT2D eigenvalue weighted by Gasteiger charge is 2.16. The monoisotopic (exact) mass is 372 g/mol. The van der Waals surface area contributed by atoms with Gasteiger partial charge in [0.2, 0.25) is 0 Å². The molecule has 0 bridgehead atoms. The molecule has 0 aliphatic rings. The quantitative estimate of drug-likeness (QED) is 0.626. The van der Waals surface area contributed by atoms with Crippen LogP contribution in [0.5, 0.6) is 0 Å². The van der Waals surface area contributed by atoms with E-state index >= 15 is 0 Å². The molecular weight excluding hydrogens is 351 g/mol. The van der Waals surface area contributed by atoms with E-state index in [2.05, 4.69) is 20.4 Å². The van der Waals surface area contributed by atoms with Crippen molar-refractivity contribution in [2.75, 3.05) is 0 Å². The lowest BCUT2D eigenvalue weighted by atomic mass is 9.90. The number of aromatic carboxylic acids is 1. The van der Waals surface area contributed by atoms with E-state index in [1.807, 2.05) is 6.08 Å². The van der Waals surface area contributed by atoms with Gasteiger partial charge in [0.15, 0.2) is 0 Å². The van der Waals surface area contributed by atoms with Crippen LogP contribution in [0.1, 0.15) is 52.9 Å². The molecule has 0 saturated carbocycles. The topological polar surface area (TPSA) is 37.3 Å². The van der Waals surface area contributed by atoms with Gasteiger partial charge in [0.1, 0.15) is 5.82 Å². The number of carboxylic acids is 1. The second kappa shape index (κ2) is 8.33. The van der Waals surface area contributed by atoms with Crippen molar-refractivity contribution in [3.63, 3.8) is 0 Å². The van der Waals surface area contributed by atoms with Crippen LogP contribution in [0.25, 0.3) is 10.6 Å². The Morgan fingerprint density at radius 3 is 2.46 bits per heavy atom. The first-order valence-corrected chi connectivity index (χ1v) is 8.83. The first kappa shape index (κ1) is 19.9. The number of carboxylic acid groups (broad SMARTS) is 1. The largest absolute Gasteiger partial charge is 0.478 e. The van der Waals surface area contributed by atoms with Gasteiger partial charge in [-0.1, -0.05) is 56.7 Å². The van der Waals surface area contributed by atoms with E-state index in [0.717, 1.165) is 17.5 Å². The molecule has 2 aromatic carbocycles. The number of carbonyl (C=O) groups is 1. The van der Waals surface area contributed by atoms with Gasteiger partial charge in [-0.3, -0.25) is 0 Å². The van der Waals surface area contributed by atoms with Gasteiger partial charge in [0, 0.05) is 10.6 Å². The van der Waals surface area contributed by atoms with Gasteiger partial charge in [-0.05, 0) is 59.4 Å². The Labute approximate surface area is 158 Å².